The van der Waals surface area contributed by atoms with Gasteiger partial charge in [-0.2, -0.15) is 4.68 Å². The number of benzene rings is 2. The third-order valence-corrected chi connectivity index (χ3v) is 5.20. The van der Waals surface area contributed by atoms with E-state index in [0.717, 1.165) is 41.2 Å². The van der Waals surface area contributed by atoms with Gasteiger partial charge in [0.1, 0.15) is 5.82 Å². The fourth-order valence-corrected chi connectivity index (χ4v) is 3.40. The molecule has 1 aliphatic carbocycles. The zero-order chi connectivity index (χ0) is 19.1. The summed E-state index contributed by atoms with van der Waals surface area (Å²) >= 11 is 6.50. The van der Waals surface area contributed by atoms with E-state index in [4.69, 9.17) is 16.6 Å². The average molecular weight is 389 g/mol. The van der Waals surface area contributed by atoms with Gasteiger partial charge in [0.15, 0.2) is 5.82 Å². The molecule has 1 saturated carbocycles. The van der Waals surface area contributed by atoms with Gasteiger partial charge in [-0.3, -0.25) is 0 Å². The number of aryl methyl sites for hydroxylation is 1. The van der Waals surface area contributed by atoms with Gasteiger partial charge >= 0.3 is 0 Å². The molecule has 0 saturated heterocycles. The highest BCUT2D eigenvalue weighted by Crippen LogP contribution is 2.41. The van der Waals surface area contributed by atoms with Crippen molar-refractivity contribution >= 4 is 11.6 Å². The summed E-state index contributed by atoms with van der Waals surface area (Å²) in [5, 5.41) is 13.0. The van der Waals surface area contributed by atoms with Crippen molar-refractivity contribution in [1.82, 2.24) is 30.2 Å². The van der Waals surface area contributed by atoms with E-state index >= 15 is 0 Å². The van der Waals surface area contributed by atoms with Gasteiger partial charge < -0.3 is 0 Å². The zero-order valence-electron chi connectivity index (χ0n) is 15.2. The summed E-state index contributed by atoms with van der Waals surface area (Å²) in [6, 6.07) is 15.7. The lowest BCUT2D eigenvalue weighted by molar-refractivity contribution is 0.790. The Morgan fingerprint density at radius 1 is 1.00 bits per heavy atom. The van der Waals surface area contributed by atoms with Gasteiger partial charge in [-0.05, 0) is 48.4 Å². The Morgan fingerprint density at radius 2 is 1.79 bits per heavy atom. The molecule has 0 unspecified atom stereocenters. The molecular formula is C21H17ClN6. The number of halogens is 1. The van der Waals surface area contributed by atoms with Crippen molar-refractivity contribution in [2.75, 3.05) is 0 Å². The molecule has 0 spiro atoms. The van der Waals surface area contributed by atoms with Crippen LogP contribution in [0.4, 0.5) is 0 Å². The summed E-state index contributed by atoms with van der Waals surface area (Å²) in [7, 11) is 0. The van der Waals surface area contributed by atoms with E-state index in [1.807, 2.05) is 61.7 Å². The molecule has 0 aliphatic heterocycles. The topological polar surface area (TPSA) is 69.4 Å². The van der Waals surface area contributed by atoms with Crippen LogP contribution in [0.25, 0.3) is 28.3 Å². The Bertz CT molecular complexity index is 1150. The third-order valence-electron chi connectivity index (χ3n) is 4.87. The van der Waals surface area contributed by atoms with Crippen molar-refractivity contribution in [3.8, 4) is 28.3 Å². The molecule has 6 nitrogen and oxygen atoms in total. The Labute approximate surface area is 167 Å². The molecule has 0 N–H and O–H groups in total. The molecule has 2 aromatic carbocycles. The van der Waals surface area contributed by atoms with Gasteiger partial charge in [-0.1, -0.05) is 47.5 Å². The summed E-state index contributed by atoms with van der Waals surface area (Å²) in [5.74, 6) is 1.87. The minimum Gasteiger partial charge on any atom is -0.240 e. The first-order valence-corrected chi connectivity index (χ1v) is 9.56. The fourth-order valence-electron chi connectivity index (χ4n) is 3.17. The maximum absolute atomic E-state index is 6.50. The molecule has 0 atom stereocenters. The molecule has 7 heteroatoms. The predicted molar refractivity (Wildman–Crippen MR) is 107 cm³/mol. The smallest absolute Gasteiger partial charge is 0.190 e. The van der Waals surface area contributed by atoms with E-state index in [0.29, 0.717) is 16.8 Å². The van der Waals surface area contributed by atoms with Crippen LogP contribution in [0.15, 0.2) is 54.7 Å². The number of hydrogen-bond donors (Lipinski definition) is 0. The van der Waals surface area contributed by atoms with Gasteiger partial charge in [0, 0.05) is 22.7 Å². The van der Waals surface area contributed by atoms with Crippen LogP contribution in [0, 0.1) is 6.92 Å². The average Bonchev–Trinajstić information content (AvgIpc) is 3.46. The number of rotatable bonds is 4. The first kappa shape index (κ1) is 17.0. The van der Waals surface area contributed by atoms with E-state index in [9.17, 15) is 0 Å². The number of aromatic nitrogens is 6. The lowest BCUT2D eigenvalue weighted by Crippen LogP contribution is -2.04. The molecule has 1 fully saturated rings. The Morgan fingerprint density at radius 3 is 2.54 bits per heavy atom. The van der Waals surface area contributed by atoms with E-state index in [-0.39, 0.29) is 0 Å². The van der Waals surface area contributed by atoms with Gasteiger partial charge in [-0.15, -0.1) is 5.10 Å². The quantitative estimate of drug-likeness (QED) is 0.510. The Balaban J connectivity index is 1.70. The number of hydrogen-bond acceptors (Lipinski definition) is 5. The largest absolute Gasteiger partial charge is 0.240 e. The van der Waals surface area contributed by atoms with Crippen LogP contribution in [0.5, 0.6) is 0 Å². The molecule has 4 aromatic rings. The number of tetrazole rings is 1. The van der Waals surface area contributed by atoms with Crippen molar-refractivity contribution in [1.29, 1.82) is 0 Å². The second-order valence-corrected chi connectivity index (χ2v) is 7.40. The summed E-state index contributed by atoms with van der Waals surface area (Å²) in [4.78, 5) is 9.46. The molecule has 2 heterocycles. The molecule has 28 heavy (non-hydrogen) atoms. The Hall–Kier alpha value is -3.12. The van der Waals surface area contributed by atoms with Crippen LogP contribution in [0.2, 0.25) is 5.02 Å². The maximum Gasteiger partial charge on any atom is 0.190 e. The highest BCUT2D eigenvalue weighted by molar-refractivity contribution is 6.33. The first-order chi connectivity index (χ1) is 13.7. The molecule has 0 amide bonds. The monoisotopic (exact) mass is 388 g/mol. The lowest BCUT2D eigenvalue weighted by atomic mass is 10.1. The standard InChI is InChI=1S/C21H17ClN6/c1-13-6-10-15(11-7-13)28-21(25-26-27-28)17-12-23-20(14-8-9-14)24-19(17)16-4-2-3-5-18(16)22/h2-7,10-12,14H,8-9H2,1H3. The maximum atomic E-state index is 6.50. The van der Waals surface area contributed by atoms with Gasteiger partial charge in [0.2, 0.25) is 0 Å². The third kappa shape index (κ3) is 3.05. The van der Waals surface area contributed by atoms with Crippen LogP contribution >= 0.6 is 11.6 Å². The van der Waals surface area contributed by atoms with Crippen molar-refractivity contribution < 1.29 is 0 Å². The van der Waals surface area contributed by atoms with Crippen molar-refractivity contribution in [3.05, 3.63) is 71.1 Å². The number of nitrogens with zero attached hydrogens (tertiary/aromatic N) is 6. The zero-order valence-corrected chi connectivity index (χ0v) is 16.0. The minimum atomic E-state index is 0.434. The summed E-state index contributed by atoms with van der Waals surface area (Å²) < 4.78 is 1.70. The van der Waals surface area contributed by atoms with E-state index < -0.39 is 0 Å². The van der Waals surface area contributed by atoms with Crippen LogP contribution in [0.1, 0.15) is 30.1 Å². The van der Waals surface area contributed by atoms with Crippen molar-refractivity contribution in [3.63, 3.8) is 0 Å². The van der Waals surface area contributed by atoms with Gasteiger partial charge in [0.25, 0.3) is 0 Å². The molecular weight excluding hydrogens is 372 g/mol. The van der Waals surface area contributed by atoms with Crippen molar-refractivity contribution in [2.24, 2.45) is 0 Å². The van der Waals surface area contributed by atoms with E-state index in [1.165, 1.54) is 5.56 Å². The summed E-state index contributed by atoms with van der Waals surface area (Å²) in [5.41, 5.74) is 4.41. The van der Waals surface area contributed by atoms with Crippen LogP contribution in [-0.4, -0.2) is 30.2 Å². The Kier molecular flexibility index (Phi) is 4.13. The lowest BCUT2D eigenvalue weighted by Gasteiger charge is -2.12. The second-order valence-electron chi connectivity index (χ2n) is 6.99. The molecule has 1 aliphatic rings. The summed E-state index contributed by atoms with van der Waals surface area (Å²) in [6.45, 7) is 2.05. The van der Waals surface area contributed by atoms with Gasteiger partial charge in [0.05, 0.1) is 16.9 Å². The molecule has 0 radical (unpaired) electrons. The first-order valence-electron chi connectivity index (χ1n) is 9.18. The normalized spacial score (nSPS) is 13.6. The minimum absolute atomic E-state index is 0.434. The summed E-state index contributed by atoms with van der Waals surface area (Å²) in [6.07, 6.45) is 4.07. The highest BCUT2D eigenvalue weighted by Gasteiger charge is 2.28. The molecule has 0 bridgehead atoms. The highest BCUT2D eigenvalue weighted by atomic mass is 35.5. The van der Waals surface area contributed by atoms with Crippen LogP contribution in [0.3, 0.4) is 0 Å². The van der Waals surface area contributed by atoms with E-state index in [2.05, 4.69) is 20.5 Å². The van der Waals surface area contributed by atoms with Crippen molar-refractivity contribution in [2.45, 2.75) is 25.7 Å². The molecule has 5 rings (SSSR count). The molecule has 2 aromatic heterocycles. The SMILES string of the molecule is Cc1ccc(-n2nnnc2-c2cnc(C3CC3)nc2-c2ccccc2Cl)cc1. The second kappa shape index (κ2) is 6.80. The molecule has 138 valence electrons. The van der Waals surface area contributed by atoms with Gasteiger partial charge in [-0.25, -0.2) is 9.97 Å². The predicted octanol–water partition coefficient (Wildman–Crippen LogP) is 4.63. The van der Waals surface area contributed by atoms with E-state index in [1.54, 1.807) is 4.68 Å². The fraction of sp³-hybridized carbons (Fsp3) is 0.190. The van der Waals surface area contributed by atoms with Crippen LogP contribution < -0.4 is 0 Å². The van der Waals surface area contributed by atoms with Crippen LogP contribution in [-0.2, 0) is 0 Å².